The summed E-state index contributed by atoms with van der Waals surface area (Å²) in [5, 5.41) is 6.20. The Morgan fingerprint density at radius 2 is 1.65 bits per heavy atom. The summed E-state index contributed by atoms with van der Waals surface area (Å²) in [6.07, 6.45) is 1.71. The number of hydrogen-bond acceptors (Lipinski definition) is 4. The Labute approximate surface area is 134 Å². The van der Waals surface area contributed by atoms with Crippen LogP contribution in [-0.4, -0.2) is 9.97 Å². The van der Waals surface area contributed by atoms with Crippen LogP contribution in [0.15, 0.2) is 54.7 Å². The minimum atomic E-state index is -0.327. The fourth-order valence-electron chi connectivity index (χ4n) is 2.19. The van der Waals surface area contributed by atoms with Crippen LogP contribution in [0.3, 0.4) is 0 Å². The summed E-state index contributed by atoms with van der Waals surface area (Å²) in [7, 11) is 0. The van der Waals surface area contributed by atoms with Crippen molar-refractivity contribution in [3.8, 4) is 0 Å². The quantitative estimate of drug-likeness (QED) is 0.732. The molecule has 1 aromatic heterocycles. The SMILES string of the molecule is Cc1cnc(Nc2c(C)cccc2F)nc1Nc1ccccc1. The number of aromatic nitrogens is 2. The number of benzene rings is 2. The molecule has 0 radical (unpaired) electrons. The summed E-state index contributed by atoms with van der Waals surface area (Å²) in [4.78, 5) is 8.67. The molecule has 3 aromatic rings. The zero-order chi connectivity index (χ0) is 16.2. The second-order valence-corrected chi connectivity index (χ2v) is 5.27. The number of para-hydroxylation sites is 2. The fraction of sp³-hybridized carbons (Fsp3) is 0.111. The molecule has 2 aromatic carbocycles. The predicted octanol–water partition coefficient (Wildman–Crippen LogP) is 4.72. The lowest BCUT2D eigenvalue weighted by Gasteiger charge is -2.12. The molecule has 0 fully saturated rings. The zero-order valence-electron chi connectivity index (χ0n) is 13.0. The standard InChI is InChI=1S/C18H17FN4/c1-12-7-6-10-15(19)16(12)22-18-20-11-13(2)17(23-18)21-14-8-4-3-5-9-14/h3-11H,1-2H3,(H2,20,21,22,23). The second-order valence-electron chi connectivity index (χ2n) is 5.27. The maximum Gasteiger partial charge on any atom is 0.229 e. The lowest BCUT2D eigenvalue weighted by molar-refractivity contribution is 0.630. The van der Waals surface area contributed by atoms with Gasteiger partial charge in [0.25, 0.3) is 0 Å². The van der Waals surface area contributed by atoms with Gasteiger partial charge in [0.05, 0.1) is 5.69 Å². The van der Waals surface area contributed by atoms with Crippen LogP contribution < -0.4 is 10.6 Å². The molecule has 3 rings (SSSR count). The Hall–Kier alpha value is -2.95. The van der Waals surface area contributed by atoms with E-state index in [2.05, 4.69) is 20.6 Å². The van der Waals surface area contributed by atoms with E-state index in [1.54, 1.807) is 12.3 Å². The number of halogens is 1. The van der Waals surface area contributed by atoms with Crippen molar-refractivity contribution in [2.75, 3.05) is 10.6 Å². The Balaban J connectivity index is 1.88. The van der Waals surface area contributed by atoms with Gasteiger partial charge in [0.1, 0.15) is 11.6 Å². The predicted molar refractivity (Wildman–Crippen MR) is 90.9 cm³/mol. The van der Waals surface area contributed by atoms with Gasteiger partial charge in [-0.1, -0.05) is 30.3 Å². The topological polar surface area (TPSA) is 49.8 Å². The Morgan fingerprint density at radius 3 is 2.39 bits per heavy atom. The summed E-state index contributed by atoms with van der Waals surface area (Å²) in [5.74, 6) is 0.705. The Kier molecular flexibility index (Phi) is 4.19. The summed E-state index contributed by atoms with van der Waals surface area (Å²) in [5.41, 5.74) is 3.03. The van der Waals surface area contributed by atoms with E-state index in [9.17, 15) is 4.39 Å². The van der Waals surface area contributed by atoms with E-state index in [0.717, 1.165) is 16.8 Å². The minimum absolute atomic E-state index is 0.327. The summed E-state index contributed by atoms with van der Waals surface area (Å²) in [6, 6.07) is 14.7. The van der Waals surface area contributed by atoms with Crippen molar-refractivity contribution in [3.63, 3.8) is 0 Å². The van der Waals surface area contributed by atoms with Crippen LogP contribution in [-0.2, 0) is 0 Å². The maximum absolute atomic E-state index is 13.9. The molecule has 2 N–H and O–H groups in total. The molecule has 23 heavy (non-hydrogen) atoms. The molecular weight excluding hydrogens is 291 g/mol. The number of aryl methyl sites for hydroxylation is 2. The van der Waals surface area contributed by atoms with Crippen LogP contribution in [0.4, 0.5) is 27.5 Å². The molecular formula is C18H17FN4. The van der Waals surface area contributed by atoms with Crippen molar-refractivity contribution in [3.05, 3.63) is 71.7 Å². The lowest BCUT2D eigenvalue weighted by atomic mass is 10.2. The number of hydrogen-bond donors (Lipinski definition) is 2. The van der Waals surface area contributed by atoms with Gasteiger partial charge in [-0.25, -0.2) is 9.37 Å². The Morgan fingerprint density at radius 1 is 0.870 bits per heavy atom. The van der Waals surface area contributed by atoms with Gasteiger partial charge in [0.2, 0.25) is 5.95 Å². The third kappa shape index (κ3) is 3.45. The molecule has 0 aliphatic carbocycles. The van der Waals surface area contributed by atoms with Crippen LogP contribution in [0.1, 0.15) is 11.1 Å². The maximum atomic E-state index is 13.9. The summed E-state index contributed by atoms with van der Waals surface area (Å²) in [6.45, 7) is 3.76. The molecule has 0 aliphatic heterocycles. The molecule has 1 heterocycles. The molecule has 4 nitrogen and oxygen atoms in total. The smallest absolute Gasteiger partial charge is 0.229 e. The first kappa shape index (κ1) is 15.0. The summed E-state index contributed by atoms with van der Waals surface area (Å²) >= 11 is 0. The van der Waals surface area contributed by atoms with Crippen LogP contribution in [0, 0.1) is 19.7 Å². The third-order valence-electron chi connectivity index (χ3n) is 3.47. The van der Waals surface area contributed by atoms with Crippen molar-refractivity contribution in [2.24, 2.45) is 0 Å². The first-order valence-corrected chi connectivity index (χ1v) is 7.31. The first-order chi connectivity index (χ1) is 11.1. The molecule has 0 atom stereocenters. The largest absolute Gasteiger partial charge is 0.340 e. The number of rotatable bonds is 4. The van der Waals surface area contributed by atoms with E-state index in [1.165, 1.54) is 6.07 Å². The van der Waals surface area contributed by atoms with E-state index in [4.69, 9.17) is 0 Å². The monoisotopic (exact) mass is 308 g/mol. The molecule has 5 heteroatoms. The highest BCUT2D eigenvalue weighted by Gasteiger charge is 2.09. The van der Waals surface area contributed by atoms with E-state index >= 15 is 0 Å². The highest BCUT2D eigenvalue weighted by atomic mass is 19.1. The number of nitrogens with zero attached hydrogens (tertiary/aromatic N) is 2. The average Bonchev–Trinajstić information content (AvgIpc) is 2.55. The van der Waals surface area contributed by atoms with E-state index in [1.807, 2.05) is 50.2 Å². The van der Waals surface area contributed by atoms with Gasteiger partial charge in [0, 0.05) is 17.4 Å². The van der Waals surface area contributed by atoms with Crippen LogP contribution in [0.2, 0.25) is 0 Å². The molecule has 0 bridgehead atoms. The van der Waals surface area contributed by atoms with Gasteiger partial charge in [-0.15, -0.1) is 0 Å². The van der Waals surface area contributed by atoms with Gasteiger partial charge in [0.15, 0.2) is 0 Å². The van der Waals surface area contributed by atoms with E-state index in [0.29, 0.717) is 17.5 Å². The third-order valence-corrected chi connectivity index (χ3v) is 3.47. The molecule has 0 saturated carbocycles. The molecule has 0 spiro atoms. The lowest BCUT2D eigenvalue weighted by Crippen LogP contribution is -2.04. The van der Waals surface area contributed by atoms with Gasteiger partial charge in [-0.2, -0.15) is 4.98 Å². The van der Waals surface area contributed by atoms with E-state index in [-0.39, 0.29) is 5.82 Å². The number of anilines is 4. The minimum Gasteiger partial charge on any atom is -0.340 e. The molecule has 0 saturated heterocycles. The normalized spacial score (nSPS) is 10.4. The first-order valence-electron chi connectivity index (χ1n) is 7.31. The van der Waals surface area contributed by atoms with Gasteiger partial charge < -0.3 is 10.6 Å². The van der Waals surface area contributed by atoms with Crippen LogP contribution >= 0.6 is 0 Å². The zero-order valence-corrected chi connectivity index (χ0v) is 13.0. The highest BCUT2D eigenvalue weighted by Crippen LogP contribution is 2.24. The summed E-state index contributed by atoms with van der Waals surface area (Å²) < 4.78 is 13.9. The number of nitrogens with one attached hydrogen (secondary N) is 2. The van der Waals surface area contributed by atoms with Crippen molar-refractivity contribution in [2.45, 2.75) is 13.8 Å². The van der Waals surface area contributed by atoms with Gasteiger partial charge >= 0.3 is 0 Å². The van der Waals surface area contributed by atoms with Crippen molar-refractivity contribution in [1.29, 1.82) is 0 Å². The highest BCUT2D eigenvalue weighted by molar-refractivity contribution is 5.63. The molecule has 116 valence electrons. The molecule has 0 amide bonds. The van der Waals surface area contributed by atoms with Crippen molar-refractivity contribution >= 4 is 23.1 Å². The van der Waals surface area contributed by atoms with Crippen LogP contribution in [0.5, 0.6) is 0 Å². The van der Waals surface area contributed by atoms with Crippen LogP contribution in [0.25, 0.3) is 0 Å². The van der Waals surface area contributed by atoms with Crippen molar-refractivity contribution < 1.29 is 4.39 Å². The fourth-order valence-corrected chi connectivity index (χ4v) is 2.19. The molecule has 0 unspecified atom stereocenters. The van der Waals surface area contributed by atoms with Crippen molar-refractivity contribution in [1.82, 2.24) is 9.97 Å². The molecule has 0 aliphatic rings. The second kappa shape index (κ2) is 6.44. The Bertz CT molecular complexity index is 798. The average molecular weight is 308 g/mol. The van der Waals surface area contributed by atoms with Gasteiger partial charge in [-0.05, 0) is 37.6 Å². The van der Waals surface area contributed by atoms with E-state index < -0.39 is 0 Å². The van der Waals surface area contributed by atoms with Gasteiger partial charge in [-0.3, -0.25) is 0 Å².